The summed E-state index contributed by atoms with van der Waals surface area (Å²) in [4.78, 5) is 5.25. The van der Waals surface area contributed by atoms with Crippen molar-refractivity contribution in [3.63, 3.8) is 0 Å². The molecule has 0 aromatic heterocycles. The van der Waals surface area contributed by atoms with E-state index >= 15 is 0 Å². The smallest absolute Gasteiger partial charge is 0.191 e. The third kappa shape index (κ3) is 4.79. The van der Waals surface area contributed by atoms with Crippen molar-refractivity contribution in [2.75, 3.05) is 39.8 Å². The SMILES string of the molecule is CCCCCC[N+](C)=C1C(N(CC)CC)C1N(CC)CC. The fraction of sp³-hybridized carbons (Fsp3) is 0.944. The molecule has 0 radical (unpaired) electrons. The van der Waals surface area contributed by atoms with Crippen LogP contribution in [-0.2, 0) is 0 Å². The van der Waals surface area contributed by atoms with Crippen molar-refractivity contribution in [3.05, 3.63) is 0 Å². The van der Waals surface area contributed by atoms with Crippen LogP contribution >= 0.6 is 0 Å². The lowest BCUT2D eigenvalue weighted by Gasteiger charge is -2.20. The molecule has 2 unspecified atom stereocenters. The Bertz CT molecular complexity index is 296. The summed E-state index contributed by atoms with van der Waals surface area (Å²) in [5, 5.41) is 0. The average Bonchev–Trinajstić information content (AvgIpc) is 3.21. The largest absolute Gasteiger partial charge is 0.290 e. The van der Waals surface area contributed by atoms with Gasteiger partial charge in [0.25, 0.3) is 0 Å². The van der Waals surface area contributed by atoms with Crippen LogP contribution in [0.5, 0.6) is 0 Å². The monoisotopic (exact) mass is 296 g/mol. The minimum absolute atomic E-state index is 0.663. The fourth-order valence-electron chi connectivity index (χ4n) is 3.59. The second-order valence-corrected chi connectivity index (χ2v) is 6.24. The summed E-state index contributed by atoms with van der Waals surface area (Å²) in [6, 6.07) is 1.33. The molecule has 1 fully saturated rings. The van der Waals surface area contributed by atoms with Gasteiger partial charge in [-0.2, -0.15) is 0 Å². The number of unbranched alkanes of at least 4 members (excludes halogenated alkanes) is 3. The number of likely N-dealkylation sites (N-methyl/N-ethyl adjacent to an activating group) is 2. The molecule has 3 nitrogen and oxygen atoms in total. The van der Waals surface area contributed by atoms with Gasteiger partial charge in [-0.15, -0.1) is 0 Å². The number of hydrogen-bond acceptors (Lipinski definition) is 2. The lowest BCUT2D eigenvalue weighted by atomic mass is 10.2. The third-order valence-electron chi connectivity index (χ3n) is 5.00. The van der Waals surface area contributed by atoms with E-state index in [2.05, 4.69) is 56.0 Å². The number of hydrogen-bond donors (Lipinski definition) is 0. The Morgan fingerprint density at radius 2 is 1.24 bits per heavy atom. The molecule has 0 aromatic rings. The Balaban J connectivity index is 2.75. The van der Waals surface area contributed by atoms with Gasteiger partial charge in [-0.1, -0.05) is 47.5 Å². The minimum atomic E-state index is 0.663. The van der Waals surface area contributed by atoms with Crippen molar-refractivity contribution < 1.29 is 4.58 Å². The standard InChI is InChI=1S/C18H38N3/c1-7-12-13-14-15-19(6)16-17(20(8-2)9-3)18(16)21(10-4)11-5/h17-18H,7-15H2,1-6H3/q+1. The number of nitrogens with zero attached hydrogens (tertiary/aromatic N) is 3. The molecule has 1 rings (SSSR count). The minimum Gasteiger partial charge on any atom is -0.290 e. The predicted molar refractivity (Wildman–Crippen MR) is 93.6 cm³/mol. The first-order chi connectivity index (χ1) is 10.2. The average molecular weight is 297 g/mol. The Morgan fingerprint density at radius 3 is 1.62 bits per heavy atom. The Hall–Kier alpha value is -0.410. The summed E-state index contributed by atoms with van der Waals surface area (Å²) >= 11 is 0. The Labute approximate surface area is 133 Å². The first-order valence-corrected chi connectivity index (χ1v) is 9.21. The Morgan fingerprint density at radius 1 is 0.762 bits per heavy atom. The molecule has 124 valence electrons. The van der Waals surface area contributed by atoms with E-state index in [1.54, 1.807) is 5.71 Å². The highest BCUT2D eigenvalue weighted by molar-refractivity contribution is 6.08. The van der Waals surface area contributed by atoms with E-state index in [9.17, 15) is 0 Å². The van der Waals surface area contributed by atoms with Crippen LogP contribution in [0.15, 0.2) is 0 Å². The molecule has 1 saturated carbocycles. The maximum absolute atomic E-state index is 2.63. The van der Waals surface area contributed by atoms with Crippen LogP contribution in [-0.4, -0.2) is 71.9 Å². The van der Waals surface area contributed by atoms with E-state index in [1.807, 2.05) is 0 Å². The highest BCUT2D eigenvalue weighted by Crippen LogP contribution is 2.30. The van der Waals surface area contributed by atoms with Gasteiger partial charge in [0.1, 0.15) is 25.7 Å². The molecular weight excluding hydrogens is 258 g/mol. The van der Waals surface area contributed by atoms with Crippen molar-refractivity contribution in [2.24, 2.45) is 0 Å². The van der Waals surface area contributed by atoms with Gasteiger partial charge >= 0.3 is 0 Å². The van der Waals surface area contributed by atoms with Gasteiger partial charge in [0.2, 0.25) is 0 Å². The van der Waals surface area contributed by atoms with Crippen molar-refractivity contribution in [1.29, 1.82) is 0 Å². The van der Waals surface area contributed by atoms with Crippen LogP contribution in [0.3, 0.4) is 0 Å². The maximum atomic E-state index is 2.63. The molecule has 0 aliphatic heterocycles. The van der Waals surface area contributed by atoms with Gasteiger partial charge in [-0.25, -0.2) is 4.58 Å². The molecule has 21 heavy (non-hydrogen) atoms. The molecule has 0 aromatic carbocycles. The van der Waals surface area contributed by atoms with Crippen LogP contribution in [0.4, 0.5) is 0 Å². The van der Waals surface area contributed by atoms with E-state index in [0.29, 0.717) is 12.1 Å². The van der Waals surface area contributed by atoms with Gasteiger partial charge in [-0.05, 0) is 32.6 Å². The zero-order valence-electron chi connectivity index (χ0n) is 15.4. The lowest BCUT2D eigenvalue weighted by molar-refractivity contribution is -0.496. The quantitative estimate of drug-likeness (QED) is 0.428. The summed E-state index contributed by atoms with van der Waals surface area (Å²) in [5.74, 6) is 0. The van der Waals surface area contributed by atoms with Crippen molar-refractivity contribution >= 4 is 5.71 Å². The van der Waals surface area contributed by atoms with Gasteiger partial charge in [-0.3, -0.25) is 9.80 Å². The Kier molecular flexibility index (Phi) is 8.50. The summed E-state index contributed by atoms with van der Waals surface area (Å²) in [6.07, 6.45) is 5.41. The fourth-order valence-corrected chi connectivity index (χ4v) is 3.59. The van der Waals surface area contributed by atoms with E-state index in [1.165, 1.54) is 32.2 Å². The second-order valence-electron chi connectivity index (χ2n) is 6.24. The molecule has 0 amide bonds. The molecule has 3 heteroatoms. The molecule has 0 heterocycles. The van der Waals surface area contributed by atoms with Gasteiger partial charge in [0.05, 0.1) is 0 Å². The van der Waals surface area contributed by atoms with Crippen LogP contribution in [0.1, 0.15) is 60.3 Å². The van der Waals surface area contributed by atoms with Crippen molar-refractivity contribution in [3.8, 4) is 0 Å². The summed E-state index contributed by atoms with van der Waals surface area (Å²) in [6.45, 7) is 17.3. The van der Waals surface area contributed by atoms with Gasteiger partial charge in [0, 0.05) is 6.42 Å². The van der Waals surface area contributed by atoms with Crippen LogP contribution in [0.2, 0.25) is 0 Å². The van der Waals surface area contributed by atoms with Crippen LogP contribution in [0.25, 0.3) is 0 Å². The maximum Gasteiger partial charge on any atom is 0.191 e. The van der Waals surface area contributed by atoms with E-state index < -0.39 is 0 Å². The highest BCUT2D eigenvalue weighted by Gasteiger charge is 2.58. The second kappa shape index (κ2) is 9.58. The predicted octanol–water partition coefficient (Wildman–Crippen LogP) is 3.08. The van der Waals surface area contributed by atoms with E-state index in [-0.39, 0.29) is 0 Å². The molecule has 1 aliphatic carbocycles. The lowest BCUT2D eigenvalue weighted by Crippen LogP contribution is -2.34. The topological polar surface area (TPSA) is 9.49 Å². The van der Waals surface area contributed by atoms with E-state index in [0.717, 1.165) is 26.2 Å². The molecule has 0 spiro atoms. The molecule has 1 aliphatic rings. The first kappa shape index (κ1) is 18.6. The summed E-state index contributed by atoms with van der Waals surface area (Å²) in [5.41, 5.74) is 1.67. The third-order valence-corrected chi connectivity index (χ3v) is 5.00. The van der Waals surface area contributed by atoms with Crippen LogP contribution < -0.4 is 0 Å². The molecular formula is C18H38N3+. The molecule has 0 saturated heterocycles. The zero-order chi connectivity index (χ0) is 15.8. The molecule has 0 bridgehead atoms. The van der Waals surface area contributed by atoms with Gasteiger partial charge in [0.15, 0.2) is 5.71 Å². The van der Waals surface area contributed by atoms with Crippen molar-refractivity contribution in [1.82, 2.24) is 9.80 Å². The molecule has 0 N–H and O–H groups in total. The first-order valence-electron chi connectivity index (χ1n) is 9.21. The zero-order valence-corrected chi connectivity index (χ0v) is 15.4. The summed E-state index contributed by atoms with van der Waals surface area (Å²) in [7, 11) is 2.31. The van der Waals surface area contributed by atoms with E-state index in [4.69, 9.17) is 0 Å². The normalized spacial score (nSPS) is 21.4. The molecule has 2 atom stereocenters. The number of rotatable bonds is 11. The van der Waals surface area contributed by atoms with Gasteiger partial charge < -0.3 is 0 Å². The highest BCUT2D eigenvalue weighted by atomic mass is 15.3. The van der Waals surface area contributed by atoms with Crippen molar-refractivity contribution in [2.45, 2.75) is 72.4 Å². The summed E-state index contributed by atoms with van der Waals surface area (Å²) < 4.78 is 2.56. The van der Waals surface area contributed by atoms with Crippen LogP contribution in [0, 0.1) is 0 Å².